The zero-order valence-electron chi connectivity index (χ0n) is 26.3. The second-order valence-electron chi connectivity index (χ2n) is 15.5. The highest BCUT2D eigenvalue weighted by Crippen LogP contribution is 2.43. The molecule has 2 rings (SSSR count). The average Bonchev–Trinajstić information content (AvgIpc) is 2.74. The summed E-state index contributed by atoms with van der Waals surface area (Å²) >= 11 is 0. The smallest absolute Gasteiger partial charge is 0.311 e. The second-order valence-corrected chi connectivity index (χ2v) is 15.5. The van der Waals surface area contributed by atoms with Crippen molar-refractivity contribution in [2.75, 3.05) is 0 Å². The highest BCUT2D eigenvalue weighted by Gasteiger charge is 2.33. The Hall–Kier alpha value is -2.10. The van der Waals surface area contributed by atoms with Crippen LogP contribution in [0.1, 0.15) is 122 Å². The number of carbonyl (C=O) groups excluding carboxylic acids is 2. The van der Waals surface area contributed by atoms with Crippen molar-refractivity contribution in [1.29, 1.82) is 0 Å². The number of hydrogen-bond donors (Lipinski definition) is 0. The topological polar surface area (TPSA) is 52.6 Å². The Bertz CT molecular complexity index is 909. The van der Waals surface area contributed by atoms with E-state index in [1.165, 1.54) is 11.1 Å². The van der Waals surface area contributed by atoms with E-state index < -0.39 is 0 Å². The summed E-state index contributed by atoms with van der Waals surface area (Å²) < 4.78 is 11.5. The van der Waals surface area contributed by atoms with Gasteiger partial charge >= 0.3 is 11.9 Å². The molecule has 0 saturated carbocycles. The SMILES string of the molecule is CC(C)(C)C1=CC(OC(=O)CCCCC(=O)OC2=CC(C(C)(C)C)CC(C(C)(C)C)=C2)=CC(C(C)(C)C)C1. The summed E-state index contributed by atoms with van der Waals surface area (Å²) in [6, 6.07) is 0. The van der Waals surface area contributed by atoms with E-state index in [4.69, 9.17) is 9.47 Å². The van der Waals surface area contributed by atoms with Crippen molar-refractivity contribution in [3.05, 3.63) is 47.0 Å². The van der Waals surface area contributed by atoms with Crippen LogP contribution in [0.2, 0.25) is 0 Å². The molecule has 0 spiro atoms. The van der Waals surface area contributed by atoms with Crippen LogP contribution < -0.4 is 0 Å². The predicted molar refractivity (Wildman–Crippen MR) is 157 cm³/mol. The first-order valence-electron chi connectivity index (χ1n) is 14.4. The number of hydrogen-bond acceptors (Lipinski definition) is 4. The third kappa shape index (κ3) is 9.89. The van der Waals surface area contributed by atoms with Gasteiger partial charge in [0, 0.05) is 12.8 Å². The highest BCUT2D eigenvalue weighted by molar-refractivity contribution is 5.72. The van der Waals surface area contributed by atoms with E-state index in [9.17, 15) is 9.59 Å². The molecular formula is C34H54O4. The van der Waals surface area contributed by atoms with Gasteiger partial charge in [0.2, 0.25) is 0 Å². The van der Waals surface area contributed by atoms with Crippen molar-refractivity contribution in [3.8, 4) is 0 Å². The first-order valence-corrected chi connectivity index (χ1v) is 14.4. The molecule has 0 heterocycles. The fraction of sp³-hybridized carbons (Fsp3) is 0.706. The van der Waals surface area contributed by atoms with Gasteiger partial charge in [-0.3, -0.25) is 9.59 Å². The van der Waals surface area contributed by atoms with Crippen molar-refractivity contribution >= 4 is 11.9 Å². The van der Waals surface area contributed by atoms with Gasteiger partial charge in [-0.05, 0) is 83.5 Å². The second kappa shape index (κ2) is 12.0. The fourth-order valence-corrected chi connectivity index (χ4v) is 4.73. The molecule has 4 nitrogen and oxygen atoms in total. The Labute approximate surface area is 233 Å². The Balaban J connectivity index is 1.91. The number of carbonyl (C=O) groups is 2. The number of allylic oxidation sites excluding steroid dienone is 6. The van der Waals surface area contributed by atoms with Crippen molar-refractivity contribution in [2.24, 2.45) is 33.5 Å². The Morgan fingerprint density at radius 3 is 1.21 bits per heavy atom. The van der Waals surface area contributed by atoms with Crippen LogP contribution in [-0.4, -0.2) is 11.9 Å². The standard InChI is InChI=1S/C34H54O4/c1-31(2,3)23-17-24(32(4,5)6)20-27(19-23)37-29(35)15-13-14-16-30(36)38-28-21-25(33(7,8)9)18-26(22-28)34(10,11)12/h19-23,25H,13-18H2,1-12H3. The van der Waals surface area contributed by atoms with Gasteiger partial charge in [0.1, 0.15) is 11.5 Å². The predicted octanol–water partition coefficient (Wildman–Crippen LogP) is 9.48. The quantitative estimate of drug-likeness (QED) is 0.245. The Kier molecular flexibility index (Phi) is 10.1. The maximum Gasteiger partial charge on any atom is 0.311 e. The molecule has 0 fully saturated rings. The van der Waals surface area contributed by atoms with Crippen LogP contribution in [-0.2, 0) is 19.1 Å². The molecule has 2 aliphatic rings. The van der Waals surface area contributed by atoms with Crippen LogP contribution >= 0.6 is 0 Å². The third-order valence-corrected chi connectivity index (χ3v) is 7.87. The molecule has 0 aromatic rings. The average molecular weight is 527 g/mol. The zero-order chi connectivity index (χ0) is 29.1. The maximum absolute atomic E-state index is 12.6. The molecule has 0 aromatic heterocycles. The van der Waals surface area contributed by atoms with Gasteiger partial charge < -0.3 is 9.47 Å². The molecule has 0 N–H and O–H groups in total. The van der Waals surface area contributed by atoms with E-state index in [-0.39, 0.29) is 46.4 Å². The number of rotatable bonds is 7. The molecule has 0 amide bonds. The van der Waals surface area contributed by atoms with E-state index in [2.05, 4.69) is 95.2 Å². The summed E-state index contributed by atoms with van der Waals surface area (Å²) in [6.45, 7) is 26.6. The van der Waals surface area contributed by atoms with Gasteiger partial charge in [0.25, 0.3) is 0 Å². The fourth-order valence-electron chi connectivity index (χ4n) is 4.73. The summed E-state index contributed by atoms with van der Waals surface area (Å²) in [5.41, 5.74) is 2.84. The first-order chi connectivity index (χ1) is 17.2. The molecule has 2 unspecified atom stereocenters. The molecule has 38 heavy (non-hydrogen) atoms. The van der Waals surface area contributed by atoms with Crippen LogP contribution in [0.4, 0.5) is 0 Å². The monoisotopic (exact) mass is 526 g/mol. The molecule has 214 valence electrons. The molecule has 4 heteroatoms. The summed E-state index contributed by atoms with van der Waals surface area (Å²) in [5.74, 6) is 1.46. The lowest BCUT2D eigenvalue weighted by Crippen LogP contribution is -2.26. The molecule has 0 aliphatic heterocycles. The largest absolute Gasteiger partial charge is 0.427 e. The molecular weight excluding hydrogens is 472 g/mol. The normalized spacial score (nSPS) is 21.2. The van der Waals surface area contributed by atoms with Crippen LogP contribution in [0.15, 0.2) is 47.0 Å². The number of ether oxygens (including phenoxy) is 2. The minimum atomic E-state index is -0.246. The number of unbranched alkanes of at least 4 members (excludes halogenated alkanes) is 1. The van der Waals surface area contributed by atoms with Gasteiger partial charge in [-0.2, -0.15) is 0 Å². The molecule has 0 aromatic carbocycles. The first kappa shape index (κ1) is 32.1. The minimum absolute atomic E-state index is 0.0271. The molecule has 0 bridgehead atoms. The molecule has 2 atom stereocenters. The van der Waals surface area contributed by atoms with Crippen LogP contribution in [0.3, 0.4) is 0 Å². The summed E-state index contributed by atoms with van der Waals surface area (Å²) in [7, 11) is 0. The van der Waals surface area contributed by atoms with Crippen molar-refractivity contribution in [1.82, 2.24) is 0 Å². The zero-order valence-corrected chi connectivity index (χ0v) is 26.3. The van der Waals surface area contributed by atoms with Gasteiger partial charge in [-0.1, -0.05) is 94.2 Å². The van der Waals surface area contributed by atoms with Gasteiger partial charge in [-0.15, -0.1) is 0 Å². The van der Waals surface area contributed by atoms with Crippen LogP contribution in [0.25, 0.3) is 0 Å². The minimum Gasteiger partial charge on any atom is -0.427 e. The van der Waals surface area contributed by atoms with Crippen LogP contribution in [0, 0.1) is 33.5 Å². The lowest BCUT2D eigenvalue weighted by molar-refractivity contribution is -0.141. The van der Waals surface area contributed by atoms with Gasteiger partial charge in [0.15, 0.2) is 0 Å². The highest BCUT2D eigenvalue weighted by atomic mass is 16.5. The van der Waals surface area contributed by atoms with E-state index in [1.54, 1.807) is 0 Å². The summed E-state index contributed by atoms with van der Waals surface area (Å²) in [5, 5.41) is 0. The third-order valence-electron chi connectivity index (χ3n) is 7.87. The summed E-state index contributed by atoms with van der Waals surface area (Å²) in [6.07, 6.45) is 12.0. The molecule has 0 radical (unpaired) electrons. The van der Waals surface area contributed by atoms with Gasteiger partial charge in [0.05, 0.1) is 0 Å². The maximum atomic E-state index is 12.6. The van der Waals surface area contributed by atoms with E-state index in [0.717, 1.165) is 12.8 Å². The summed E-state index contributed by atoms with van der Waals surface area (Å²) in [4.78, 5) is 25.2. The van der Waals surface area contributed by atoms with E-state index in [1.807, 2.05) is 12.2 Å². The lowest BCUT2D eigenvalue weighted by Gasteiger charge is -2.36. The van der Waals surface area contributed by atoms with Crippen molar-refractivity contribution < 1.29 is 19.1 Å². The number of esters is 2. The molecule has 0 saturated heterocycles. The van der Waals surface area contributed by atoms with E-state index in [0.29, 0.717) is 36.2 Å². The molecule has 2 aliphatic carbocycles. The van der Waals surface area contributed by atoms with Crippen molar-refractivity contribution in [3.63, 3.8) is 0 Å². The lowest BCUT2D eigenvalue weighted by atomic mass is 9.70. The Morgan fingerprint density at radius 2 is 0.947 bits per heavy atom. The van der Waals surface area contributed by atoms with Crippen molar-refractivity contribution in [2.45, 2.75) is 122 Å². The van der Waals surface area contributed by atoms with E-state index >= 15 is 0 Å². The van der Waals surface area contributed by atoms with Gasteiger partial charge in [-0.25, -0.2) is 0 Å². The van der Waals surface area contributed by atoms with Crippen LogP contribution in [0.5, 0.6) is 0 Å². The Morgan fingerprint density at radius 1 is 0.632 bits per heavy atom.